The zero-order valence-electron chi connectivity index (χ0n) is 16.3. The number of rotatable bonds is 6. The SMILES string of the molecule is COc1ccc2cc(CN(C)C(=O)c3cc(OC)c(Br)c(OC)c3)ccc2c1. The third kappa shape index (κ3) is 4.07. The molecule has 0 saturated heterocycles. The summed E-state index contributed by atoms with van der Waals surface area (Å²) in [6.45, 7) is 0.488. The van der Waals surface area contributed by atoms with Gasteiger partial charge in [0, 0.05) is 19.2 Å². The van der Waals surface area contributed by atoms with E-state index in [1.807, 2.05) is 30.3 Å². The van der Waals surface area contributed by atoms with Crippen LogP contribution in [0.15, 0.2) is 53.0 Å². The van der Waals surface area contributed by atoms with E-state index in [1.54, 1.807) is 45.4 Å². The Labute approximate surface area is 172 Å². The van der Waals surface area contributed by atoms with Crippen molar-refractivity contribution in [1.29, 1.82) is 0 Å². The van der Waals surface area contributed by atoms with Crippen LogP contribution in [0.3, 0.4) is 0 Å². The second-order valence-corrected chi connectivity index (χ2v) is 7.20. The van der Waals surface area contributed by atoms with E-state index >= 15 is 0 Å². The lowest BCUT2D eigenvalue weighted by atomic mass is 10.1. The van der Waals surface area contributed by atoms with Crippen molar-refractivity contribution in [3.05, 3.63) is 64.1 Å². The molecule has 3 aromatic rings. The van der Waals surface area contributed by atoms with Crippen LogP contribution in [0, 0.1) is 0 Å². The third-order valence-corrected chi connectivity index (χ3v) is 5.35. The Kier molecular flexibility index (Phi) is 6.09. The number of carbonyl (C=O) groups excluding carboxylic acids is 1. The van der Waals surface area contributed by atoms with E-state index in [0.29, 0.717) is 28.1 Å². The number of carbonyl (C=O) groups is 1. The van der Waals surface area contributed by atoms with Gasteiger partial charge in [0.1, 0.15) is 21.7 Å². The number of hydrogen-bond acceptors (Lipinski definition) is 4. The summed E-state index contributed by atoms with van der Waals surface area (Å²) in [5, 5.41) is 2.20. The number of amides is 1. The summed E-state index contributed by atoms with van der Waals surface area (Å²) < 4.78 is 16.6. The summed E-state index contributed by atoms with van der Waals surface area (Å²) in [6, 6.07) is 15.5. The lowest BCUT2D eigenvalue weighted by molar-refractivity contribution is 0.0784. The molecule has 0 aromatic heterocycles. The fourth-order valence-corrected chi connectivity index (χ4v) is 3.61. The number of fused-ring (bicyclic) bond motifs is 1. The topological polar surface area (TPSA) is 48.0 Å². The molecule has 0 N–H and O–H groups in total. The molecule has 0 bridgehead atoms. The van der Waals surface area contributed by atoms with Crippen molar-refractivity contribution in [3.8, 4) is 17.2 Å². The summed E-state index contributed by atoms with van der Waals surface area (Å²) in [7, 11) is 6.55. The second kappa shape index (κ2) is 8.52. The molecule has 1 amide bonds. The van der Waals surface area contributed by atoms with Gasteiger partial charge < -0.3 is 19.1 Å². The van der Waals surface area contributed by atoms with Crippen molar-refractivity contribution in [2.24, 2.45) is 0 Å². The number of benzene rings is 3. The minimum Gasteiger partial charge on any atom is -0.497 e. The maximum atomic E-state index is 12.9. The summed E-state index contributed by atoms with van der Waals surface area (Å²) in [6.07, 6.45) is 0. The van der Waals surface area contributed by atoms with Gasteiger partial charge in [-0.3, -0.25) is 4.79 Å². The first kappa shape index (κ1) is 20.0. The first-order valence-electron chi connectivity index (χ1n) is 8.70. The van der Waals surface area contributed by atoms with Crippen LogP contribution < -0.4 is 14.2 Å². The number of halogens is 1. The van der Waals surface area contributed by atoms with Gasteiger partial charge in [0.2, 0.25) is 0 Å². The molecule has 0 unspecified atom stereocenters. The fraction of sp³-hybridized carbons (Fsp3) is 0.227. The highest BCUT2D eigenvalue weighted by atomic mass is 79.9. The van der Waals surface area contributed by atoms with E-state index in [0.717, 1.165) is 22.1 Å². The molecule has 5 nitrogen and oxygen atoms in total. The molecular weight excluding hydrogens is 422 g/mol. The van der Waals surface area contributed by atoms with Gasteiger partial charge >= 0.3 is 0 Å². The highest BCUT2D eigenvalue weighted by molar-refractivity contribution is 9.10. The van der Waals surface area contributed by atoms with Crippen molar-refractivity contribution in [2.75, 3.05) is 28.4 Å². The molecule has 0 aliphatic carbocycles. The van der Waals surface area contributed by atoms with E-state index in [1.165, 1.54) is 0 Å². The molecule has 3 rings (SSSR count). The maximum Gasteiger partial charge on any atom is 0.254 e. The highest BCUT2D eigenvalue weighted by Gasteiger charge is 2.18. The van der Waals surface area contributed by atoms with E-state index in [-0.39, 0.29) is 5.91 Å². The normalized spacial score (nSPS) is 10.6. The van der Waals surface area contributed by atoms with E-state index in [9.17, 15) is 4.79 Å². The molecule has 0 aliphatic heterocycles. The maximum absolute atomic E-state index is 12.9. The van der Waals surface area contributed by atoms with Gasteiger partial charge in [0.25, 0.3) is 5.91 Å². The molecule has 146 valence electrons. The minimum absolute atomic E-state index is 0.112. The van der Waals surface area contributed by atoms with Crippen LogP contribution in [0.1, 0.15) is 15.9 Å². The van der Waals surface area contributed by atoms with Gasteiger partial charge in [-0.25, -0.2) is 0 Å². The molecule has 0 heterocycles. The lowest BCUT2D eigenvalue weighted by Crippen LogP contribution is -2.26. The van der Waals surface area contributed by atoms with E-state index in [4.69, 9.17) is 14.2 Å². The Balaban J connectivity index is 1.83. The first-order valence-corrected chi connectivity index (χ1v) is 9.49. The van der Waals surface area contributed by atoms with Crippen LogP contribution in [-0.2, 0) is 6.54 Å². The first-order chi connectivity index (χ1) is 13.5. The zero-order chi connectivity index (χ0) is 20.3. The van der Waals surface area contributed by atoms with Gasteiger partial charge in [-0.05, 0) is 62.6 Å². The van der Waals surface area contributed by atoms with Crippen LogP contribution >= 0.6 is 15.9 Å². The molecule has 0 aliphatic rings. The lowest BCUT2D eigenvalue weighted by Gasteiger charge is -2.19. The molecular formula is C22H22BrNO4. The van der Waals surface area contributed by atoms with Crippen LogP contribution in [0.25, 0.3) is 10.8 Å². The average molecular weight is 444 g/mol. The quantitative estimate of drug-likeness (QED) is 0.543. The van der Waals surface area contributed by atoms with Gasteiger partial charge in [-0.15, -0.1) is 0 Å². The average Bonchev–Trinajstić information content (AvgIpc) is 2.72. The number of methoxy groups -OCH3 is 3. The molecule has 3 aromatic carbocycles. The summed E-state index contributed by atoms with van der Waals surface area (Å²) in [5.74, 6) is 1.82. The Morgan fingerprint density at radius 3 is 2.11 bits per heavy atom. The van der Waals surface area contributed by atoms with E-state index < -0.39 is 0 Å². The van der Waals surface area contributed by atoms with Crippen molar-refractivity contribution in [3.63, 3.8) is 0 Å². The predicted octanol–water partition coefficient (Wildman–Crippen LogP) is 4.90. The molecule has 6 heteroatoms. The molecule has 0 radical (unpaired) electrons. The number of nitrogens with zero attached hydrogens (tertiary/aromatic N) is 1. The van der Waals surface area contributed by atoms with Crippen molar-refractivity contribution < 1.29 is 19.0 Å². The summed E-state index contributed by atoms with van der Waals surface area (Å²) in [4.78, 5) is 14.6. The Bertz CT molecular complexity index is 994. The second-order valence-electron chi connectivity index (χ2n) is 6.40. The fourth-order valence-electron chi connectivity index (χ4n) is 3.06. The Morgan fingerprint density at radius 1 is 0.893 bits per heavy atom. The van der Waals surface area contributed by atoms with E-state index in [2.05, 4.69) is 22.0 Å². The Morgan fingerprint density at radius 2 is 1.50 bits per heavy atom. The van der Waals surface area contributed by atoms with Crippen LogP contribution in [0.5, 0.6) is 17.2 Å². The molecule has 28 heavy (non-hydrogen) atoms. The van der Waals surface area contributed by atoms with Crippen LogP contribution in [0.4, 0.5) is 0 Å². The number of hydrogen-bond donors (Lipinski definition) is 0. The van der Waals surface area contributed by atoms with Crippen molar-refractivity contribution >= 4 is 32.6 Å². The van der Waals surface area contributed by atoms with Crippen LogP contribution in [-0.4, -0.2) is 39.2 Å². The molecule has 0 spiro atoms. The predicted molar refractivity (Wildman–Crippen MR) is 114 cm³/mol. The monoisotopic (exact) mass is 443 g/mol. The van der Waals surface area contributed by atoms with Gasteiger partial charge in [-0.1, -0.05) is 18.2 Å². The zero-order valence-corrected chi connectivity index (χ0v) is 17.9. The highest BCUT2D eigenvalue weighted by Crippen LogP contribution is 2.36. The molecule has 0 atom stereocenters. The number of ether oxygens (including phenoxy) is 3. The van der Waals surface area contributed by atoms with Crippen molar-refractivity contribution in [1.82, 2.24) is 4.90 Å². The van der Waals surface area contributed by atoms with Gasteiger partial charge in [-0.2, -0.15) is 0 Å². The largest absolute Gasteiger partial charge is 0.497 e. The standard InChI is InChI=1S/C22H22BrNO4/c1-24(22(25)17-11-19(27-3)21(23)20(12-17)28-4)13-14-5-6-16-10-18(26-2)8-7-15(16)9-14/h5-12H,13H2,1-4H3. The molecule has 0 fully saturated rings. The smallest absolute Gasteiger partial charge is 0.254 e. The van der Waals surface area contributed by atoms with Crippen molar-refractivity contribution in [2.45, 2.75) is 6.54 Å². The Hall–Kier alpha value is -2.73. The van der Waals surface area contributed by atoms with Gasteiger partial charge in [0.15, 0.2) is 0 Å². The van der Waals surface area contributed by atoms with Gasteiger partial charge in [0.05, 0.1) is 21.3 Å². The molecule has 0 saturated carbocycles. The van der Waals surface area contributed by atoms with Crippen LogP contribution in [0.2, 0.25) is 0 Å². The minimum atomic E-state index is -0.112. The summed E-state index contributed by atoms with van der Waals surface area (Å²) >= 11 is 3.43. The summed E-state index contributed by atoms with van der Waals surface area (Å²) in [5.41, 5.74) is 1.55. The third-order valence-electron chi connectivity index (χ3n) is 4.57.